The maximum atomic E-state index is 12.9. The van der Waals surface area contributed by atoms with E-state index in [4.69, 9.17) is 0 Å². The first-order valence-corrected chi connectivity index (χ1v) is 5.26. The topological polar surface area (TPSA) is 55.4 Å². The molecule has 0 heterocycles. The summed E-state index contributed by atoms with van der Waals surface area (Å²) >= 11 is 0. The van der Waals surface area contributed by atoms with Crippen LogP contribution in [0.25, 0.3) is 0 Å². The molecule has 1 unspecified atom stereocenters. The molecule has 4 nitrogen and oxygen atoms in total. The Hall–Kier alpha value is -1.98. The Kier molecular flexibility index (Phi) is 4.76. The van der Waals surface area contributed by atoms with Gasteiger partial charge in [-0.25, -0.2) is 8.78 Å². The SMILES string of the molecule is COC(=O)CC(C)NC(=O)c1cc(F)cc(F)c1. The molecule has 1 rings (SSSR count). The highest BCUT2D eigenvalue weighted by atomic mass is 19.1. The molecular weight excluding hydrogens is 244 g/mol. The van der Waals surface area contributed by atoms with E-state index in [9.17, 15) is 18.4 Å². The number of carbonyl (C=O) groups excluding carboxylic acids is 2. The van der Waals surface area contributed by atoms with E-state index in [1.54, 1.807) is 6.92 Å². The van der Waals surface area contributed by atoms with Gasteiger partial charge in [0.15, 0.2) is 0 Å². The lowest BCUT2D eigenvalue weighted by Gasteiger charge is -2.12. The van der Waals surface area contributed by atoms with Crippen molar-refractivity contribution < 1.29 is 23.1 Å². The van der Waals surface area contributed by atoms with Crippen molar-refractivity contribution in [2.24, 2.45) is 0 Å². The summed E-state index contributed by atoms with van der Waals surface area (Å²) in [7, 11) is 1.23. The summed E-state index contributed by atoms with van der Waals surface area (Å²) in [6, 6.07) is 2.03. The molecule has 18 heavy (non-hydrogen) atoms. The lowest BCUT2D eigenvalue weighted by Crippen LogP contribution is -2.34. The highest BCUT2D eigenvalue weighted by Crippen LogP contribution is 2.08. The molecule has 0 aliphatic heterocycles. The van der Waals surface area contributed by atoms with Gasteiger partial charge in [0.1, 0.15) is 11.6 Å². The molecule has 0 aliphatic rings. The Morgan fingerprint density at radius 1 is 1.28 bits per heavy atom. The Morgan fingerprint density at radius 2 is 1.83 bits per heavy atom. The number of nitrogens with one attached hydrogen (secondary N) is 1. The molecule has 0 aromatic heterocycles. The minimum atomic E-state index is -0.833. The molecule has 98 valence electrons. The third-order valence-corrected chi connectivity index (χ3v) is 2.20. The summed E-state index contributed by atoms with van der Waals surface area (Å²) in [5, 5.41) is 2.44. The summed E-state index contributed by atoms with van der Waals surface area (Å²) in [5.41, 5.74) is -0.135. The number of halogens is 2. The Bertz CT molecular complexity index is 442. The zero-order valence-electron chi connectivity index (χ0n) is 10.00. The van der Waals surface area contributed by atoms with Gasteiger partial charge in [-0.05, 0) is 19.1 Å². The average Bonchev–Trinajstić information content (AvgIpc) is 2.27. The van der Waals surface area contributed by atoms with Crippen LogP contribution in [-0.2, 0) is 9.53 Å². The van der Waals surface area contributed by atoms with E-state index in [2.05, 4.69) is 10.1 Å². The summed E-state index contributed by atoms with van der Waals surface area (Å²) in [5.74, 6) is -2.79. The smallest absolute Gasteiger partial charge is 0.307 e. The van der Waals surface area contributed by atoms with Crippen molar-refractivity contribution in [3.63, 3.8) is 0 Å². The maximum Gasteiger partial charge on any atom is 0.307 e. The second-order valence-corrected chi connectivity index (χ2v) is 3.81. The van der Waals surface area contributed by atoms with Crippen molar-refractivity contribution in [2.75, 3.05) is 7.11 Å². The zero-order valence-corrected chi connectivity index (χ0v) is 10.00. The van der Waals surface area contributed by atoms with Crippen LogP contribution in [-0.4, -0.2) is 25.0 Å². The van der Waals surface area contributed by atoms with Crippen molar-refractivity contribution in [3.8, 4) is 0 Å². The second kappa shape index (κ2) is 6.09. The lowest BCUT2D eigenvalue weighted by atomic mass is 10.1. The molecule has 0 radical (unpaired) electrons. The fourth-order valence-electron chi connectivity index (χ4n) is 1.38. The predicted octanol–water partition coefficient (Wildman–Crippen LogP) is 1.65. The number of hydrogen-bond donors (Lipinski definition) is 1. The number of methoxy groups -OCH3 is 1. The third kappa shape index (κ3) is 4.12. The molecule has 1 atom stereocenters. The van der Waals surface area contributed by atoms with Crippen molar-refractivity contribution in [1.82, 2.24) is 5.32 Å². The van der Waals surface area contributed by atoms with E-state index in [0.717, 1.165) is 12.1 Å². The maximum absolute atomic E-state index is 12.9. The average molecular weight is 257 g/mol. The first-order chi connectivity index (χ1) is 8.42. The van der Waals surface area contributed by atoms with E-state index >= 15 is 0 Å². The number of rotatable bonds is 4. The number of carbonyl (C=O) groups is 2. The highest BCUT2D eigenvalue weighted by molar-refractivity contribution is 5.94. The van der Waals surface area contributed by atoms with Crippen molar-refractivity contribution in [1.29, 1.82) is 0 Å². The van der Waals surface area contributed by atoms with Crippen LogP contribution >= 0.6 is 0 Å². The molecule has 1 N–H and O–H groups in total. The van der Waals surface area contributed by atoms with Crippen LogP contribution in [0.15, 0.2) is 18.2 Å². The lowest BCUT2D eigenvalue weighted by molar-refractivity contribution is -0.141. The summed E-state index contributed by atoms with van der Waals surface area (Å²) in [6.45, 7) is 1.59. The number of ether oxygens (including phenoxy) is 1. The van der Waals surface area contributed by atoms with Crippen LogP contribution < -0.4 is 5.32 Å². The molecule has 0 bridgehead atoms. The number of benzene rings is 1. The van der Waals surface area contributed by atoms with Crippen molar-refractivity contribution in [2.45, 2.75) is 19.4 Å². The van der Waals surface area contributed by atoms with Gasteiger partial charge in [-0.3, -0.25) is 9.59 Å². The van der Waals surface area contributed by atoms with Crippen LogP contribution in [0, 0.1) is 11.6 Å². The standard InChI is InChI=1S/C12H13F2NO3/c1-7(3-11(16)18-2)15-12(17)8-4-9(13)6-10(14)5-8/h4-7H,3H2,1-2H3,(H,15,17). The van der Waals surface area contributed by atoms with Crippen LogP contribution in [0.1, 0.15) is 23.7 Å². The van der Waals surface area contributed by atoms with Gasteiger partial charge >= 0.3 is 5.97 Å². The van der Waals surface area contributed by atoms with E-state index in [0.29, 0.717) is 6.07 Å². The first kappa shape index (κ1) is 14.1. The quantitative estimate of drug-likeness (QED) is 0.834. The molecule has 0 saturated heterocycles. The van der Waals surface area contributed by atoms with Gasteiger partial charge in [0, 0.05) is 17.7 Å². The van der Waals surface area contributed by atoms with Gasteiger partial charge in [-0.1, -0.05) is 0 Å². The van der Waals surface area contributed by atoms with Gasteiger partial charge in [0.25, 0.3) is 5.91 Å². The van der Waals surface area contributed by atoms with Gasteiger partial charge in [0.05, 0.1) is 13.5 Å². The molecule has 0 aliphatic carbocycles. The van der Waals surface area contributed by atoms with Crippen molar-refractivity contribution >= 4 is 11.9 Å². The van der Waals surface area contributed by atoms with Gasteiger partial charge in [0.2, 0.25) is 0 Å². The predicted molar refractivity (Wildman–Crippen MR) is 59.9 cm³/mol. The first-order valence-electron chi connectivity index (χ1n) is 5.26. The van der Waals surface area contributed by atoms with Gasteiger partial charge in [-0.15, -0.1) is 0 Å². The van der Waals surface area contributed by atoms with Crippen LogP contribution in [0.5, 0.6) is 0 Å². The Morgan fingerprint density at radius 3 is 2.33 bits per heavy atom. The minimum absolute atomic E-state index is 0.0139. The van der Waals surface area contributed by atoms with Crippen LogP contribution in [0.3, 0.4) is 0 Å². The zero-order chi connectivity index (χ0) is 13.7. The molecule has 0 spiro atoms. The molecule has 1 amide bonds. The molecular formula is C12H13F2NO3. The normalized spacial score (nSPS) is 11.8. The number of amides is 1. The molecule has 6 heteroatoms. The van der Waals surface area contributed by atoms with Crippen LogP contribution in [0.4, 0.5) is 8.78 Å². The summed E-state index contributed by atoms with van der Waals surface area (Å²) in [6.07, 6.45) is -0.0139. The van der Waals surface area contributed by atoms with E-state index < -0.39 is 29.6 Å². The third-order valence-electron chi connectivity index (χ3n) is 2.20. The van der Waals surface area contributed by atoms with Crippen molar-refractivity contribution in [3.05, 3.63) is 35.4 Å². The second-order valence-electron chi connectivity index (χ2n) is 3.81. The van der Waals surface area contributed by atoms with E-state index in [1.807, 2.05) is 0 Å². The molecule has 1 aromatic rings. The molecule has 0 saturated carbocycles. The molecule has 1 aromatic carbocycles. The van der Waals surface area contributed by atoms with Gasteiger partial charge < -0.3 is 10.1 Å². The van der Waals surface area contributed by atoms with Gasteiger partial charge in [-0.2, -0.15) is 0 Å². The summed E-state index contributed by atoms with van der Waals surface area (Å²) in [4.78, 5) is 22.6. The minimum Gasteiger partial charge on any atom is -0.469 e. The van der Waals surface area contributed by atoms with E-state index in [1.165, 1.54) is 7.11 Å². The largest absolute Gasteiger partial charge is 0.469 e. The van der Waals surface area contributed by atoms with E-state index in [-0.39, 0.29) is 12.0 Å². The fraction of sp³-hybridized carbons (Fsp3) is 0.333. The Labute approximate surface area is 103 Å². The number of hydrogen-bond acceptors (Lipinski definition) is 3. The number of esters is 1. The van der Waals surface area contributed by atoms with Crippen LogP contribution in [0.2, 0.25) is 0 Å². The molecule has 0 fully saturated rings. The Balaban J connectivity index is 2.67. The summed E-state index contributed by atoms with van der Waals surface area (Å²) < 4.78 is 30.2. The highest BCUT2D eigenvalue weighted by Gasteiger charge is 2.14. The fourth-order valence-corrected chi connectivity index (χ4v) is 1.38. The monoisotopic (exact) mass is 257 g/mol.